The highest BCUT2D eigenvalue weighted by Crippen LogP contribution is 1.83. The molecule has 0 rings (SSSR count). The Kier molecular flexibility index (Phi) is 3.26. The minimum absolute atomic E-state index is 0.195. The van der Waals surface area contributed by atoms with E-state index in [1.807, 2.05) is 0 Å². The topological polar surface area (TPSA) is 55.8 Å². The van der Waals surface area contributed by atoms with Crippen LogP contribution in [0.2, 0.25) is 0 Å². The molecule has 0 aromatic carbocycles. The summed E-state index contributed by atoms with van der Waals surface area (Å²) >= 11 is 0. The molecular weight excluding hydrogens is 100 g/mol. The lowest BCUT2D eigenvalue weighted by molar-refractivity contribution is -0.327. The molecule has 0 aromatic heterocycles. The average molecular weight is 106 g/mol. The fraction of sp³-hybridized carbons (Fsp3) is 0.667. The molecule has 0 fully saturated rings. The van der Waals surface area contributed by atoms with Gasteiger partial charge in [0.15, 0.2) is 0 Å². The van der Waals surface area contributed by atoms with E-state index in [0.717, 1.165) is 0 Å². The normalized spacial score (nSPS) is 12.9. The fourth-order valence-corrected chi connectivity index (χ4v) is 0.103. The van der Waals surface area contributed by atoms with E-state index in [1.54, 1.807) is 0 Å². The second-order valence-corrected chi connectivity index (χ2v) is 0.905. The quantitative estimate of drug-likeness (QED) is 0.238. The molecule has 0 amide bonds. The number of carbonyl (C=O) groups is 1. The van der Waals surface area contributed by atoms with Gasteiger partial charge in [0.1, 0.15) is 0 Å². The summed E-state index contributed by atoms with van der Waals surface area (Å²) in [5.41, 5.74) is 0. The first-order chi connectivity index (χ1) is 3.31. The van der Waals surface area contributed by atoms with Crippen molar-refractivity contribution < 1.29 is 19.7 Å². The van der Waals surface area contributed by atoms with E-state index in [0.29, 0.717) is 0 Å². The van der Waals surface area contributed by atoms with Crippen LogP contribution in [-0.2, 0) is 14.4 Å². The third-order valence-corrected chi connectivity index (χ3v) is 0.396. The van der Waals surface area contributed by atoms with Crippen LogP contribution in [0, 0.1) is 0 Å². The molecule has 4 nitrogen and oxygen atoms in total. The minimum Gasteiger partial charge on any atom is -0.435 e. The van der Waals surface area contributed by atoms with Crippen molar-refractivity contribution in [2.45, 2.75) is 13.2 Å². The Hall–Kier alpha value is -0.610. The first-order valence-electron chi connectivity index (χ1n) is 1.70. The molecule has 0 aliphatic heterocycles. The van der Waals surface area contributed by atoms with Gasteiger partial charge < -0.3 is 4.74 Å². The van der Waals surface area contributed by atoms with Crippen molar-refractivity contribution in [1.29, 1.82) is 0 Å². The molecule has 0 heterocycles. The molecule has 42 valence electrons. The molecule has 0 saturated heterocycles. The van der Waals surface area contributed by atoms with Crippen LogP contribution in [0.15, 0.2) is 0 Å². The maximum atomic E-state index is 9.36. The lowest BCUT2D eigenvalue weighted by Crippen LogP contribution is -2.08. The largest absolute Gasteiger partial charge is 0.435 e. The number of hydrogen-bond donors (Lipinski definition) is 1. The van der Waals surface area contributed by atoms with Crippen LogP contribution in [0.1, 0.15) is 6.92 Å². The zero-order chi connectivity index (χ0) is 5.70. The van der Waals surface area contributed by atoms with E-state index in [9.17, 15) is 4.79 Å². The highest BCUT2D eigenvalue weighted by molar-refractivity contribution is 5.36. The van der Waals surface area contributed by atoms with E-state index in [-0.39, 0.29) is 6.47 Å². The third-order valence-electron chi connectivity index (χ3n) is 0.396. The van der Waals surface area contributed by atoms with Crippen molar-refractivity contribution in [3.8, 4) is 0 Å². The summed E-state index contributed by atoms with van der Waals surface area (Å²) in [5.74, 6) is 0. The lowest BCUT2D eigenvalue weighted by Gasteiger charge is -2.00. The van der Waals surface area contributed by atoms with Gasteiger partial charge in [0.25, 0.3) is 6.47 Å². The molecule has 7 heavy (non-hydrogen) atoms. The molecule has 0 aliphatic carbocycles. The molecular formula is C3H6O4. The monoisotopic (exact) mass is 106 g/mol. The van der Waals surface area contributed by atoms with Crippen LogP contribution in [0.25, 0.3) is 0 Å². The average Bonchev–Trinajstić information content (AvgIpc) is 1.68. The maximum Gasteiger partial charge on any atom is 0.295 e. The van der Waals surface area contributed by atoms with Gasteiger partial charge in [0.2, 0.25) is 6.29 Å². The van der Waals surface area contributed by atoms with Gasteiger partial charge in [0, 0.05) is 6.92 Å². The summed E-state index contributed by atoms with van der Waals surface area (Å²) in [5, 5.41) is 7.68. The van der Waals surface area contributed by atoms with E-state index in [2.05, 4.69) is 9.62 Å². The van der Waals surface area contributed by atoms with Crippen LogP contribution in [0.5, 0.6) is 0 Å². The second kappa shape index (κ2) is 3.58. The number of ether oxygens (including phenoxy) is 1. The Morgan fingerprint density at radius 3 is 2.57 bits per heavy atom. The van der Waals surface area contributed by atoms with Crippen LogP contribution in [-0.4, -0.2) is 18.0 Å². The van der Waals surface area contributed by atoms with Gasteiger partial charge in [-0.25, -0.2) is 5.26 Å². The summed E-state index contributed by atoms with van der Waals surface area (Å²) < 4.78 is 4.04. The van der Waals surface area contributed by atoms with Crippen molar-refractivity contribution in [1.82, 2.24) is 0 Å². The molecule has 0 bridgehead atoms. The van der Waals surface area contributed by atoms with Crippen molar-refractivity contribution in [2.75, 3.05) is 0 Å². The minimum atomic E-state index is -0.863. The van der Waals surface area contributed by atoms with Crippen molar-refractivity contribution in [2.24, 2.45) is 0 Å². The number of hydrogen-bond acceptors (Lipinski definition) is 4. The Balaban J connectivity index is 2.98. The van der Waals surface area contributed by atoms with Gasteiger partial charge in [-0.3, -0.25) is 4.79 Å². The SMILES string of the molecule is CC(OO)OC=O. The Bertz CT molecular complexity index is 52.9. The summed E-state index contributed by atoms with van der Waals surface area (Å²) in [6.07, 6.45) is -0.863. The standard InChI is InChI=1S/C3H6O4/c1-3(7-5)6-2-4/h2-3,5H,1H3. The highest BCUT2D eigenvalue weighted by Gasteiger charge is 1.94. The molecule has 0 radical (unpaired) electrons. The summed E-state index contributed by atoms with van der Waals surface area (Å²) in [7, 11) is 0. The fourth-order valence-electron chi connectivity index (χ4n) is 0.103. The summed E-state index contributed by atoms with van der Waals surface area (Å²) in [6, 6.07) is 0. The number of rotatable bonds is 3. The zero-order valence-electron chi connectivity index (χ0n) is 3.83. The summed E-state index contributed by atoms with van der Waals surface area (Å²) in [6.45, 7) is 1.58. The van der Waals surface area contributed by atoms with Gasteiger partial charge in [-0.05, 0) is 0 Å². The van der Waals surface area contributed by atoms with Gasteiger partial charge in [-0.2, -0.15) is 4.89 Å². The van der Waals surface area contributed by atoms with Crippen molar-refractivity contribution in [3.63, 3.8) is 0 Å². The third kappa shape index (κ3) is 3.21. The summed E-state index contributed by atoms with van der Waals surface area (Å²) in [4.78, 5) is 12.9. The van der Waals surface area contributed by atoms with Crippen molar-refractivity contribution >= 4 is 6.47 Å². The molecule has 4 heteroatoms. The predicted octanol–water partition coefficient (Wildman–Crippen LogP) is -0.00500. The Morgan fingerprint density at radius 2 is 2.43 bits per heavy atom. The van der Waals surface area contributed by atoms with E-state index < -0.39 is 6.29 Å². The maximum absolute atomic E-state index is 9.36. The Labute approximate surface area is 40.6 Å². The van der Waals surface area contributed by atoms with Crippen LogP contribution >= 0.6 is 0 Å². The predicted molar refractivity (Wildman–Crippen MR) is 20.3 cm³/mol. The molecule has 0 aliphatic rings. The molecule has 0 aromatic rings. The molecule has 1 unspecified atom stereocenters. The Morgan fingerprint density at radius 1 is 1.86 bits per heavy atom. The van der Waals surface area contributed by atoms with Crippen LogP contribution < -0.4 is 0 Å². The van der Waals surface area contributed by atoms with Gasteiger partial charge in [-0.15, -0.1) is 0 Å². The molecule has 0 spiro atoms. The van der Waals surface area contributed by atoms with E-state index in [1.165, 1.54) is 6.92 Å². The van der Waals surface area contributed by atoms with Gasteiger partial charge in [-0.1, -0.05) is 0 Å². The zero-order valence-corrected chi connectivity index (χ0v) is 3.83. The molecule has 1 N–H and O–H groups in total. The van der Waals surface area contributed by atoms with E-state index in [4.69, 9.17) is 5.26 Å². The number of carbonyl (C=O) groups excluding carboxylic acids is 1. The van der Waals surface area contributed by atoms with Gasteiger partial charge >= 0.3 is 0 Å². The first kappa shape index (κ1) is 6.39. The first-order valence-corrected chi connectivity index (χ1v) is 1.70. The highest BCUT2D eigenvalue weighted by atomic mass is 17.1. The smallest absolute Gasteiger partial charge is 0.295 e. The second-order valence-electron chi connectivity index (χ2n) is 0.905. The van der Waals surface area contributed by atoms with Crippen LogP contribution in [0.3, 0.4) is 0 Å². The molecule has 1 atom stereocenters. The van der Waals surface area contributed by atoms with Gasteiger partial charge in [0.05, 0.1) is 0 Å². The van der Waals surface area contributed by atoms with Crippen molar-refractivity contribution in [3.05, 3.63) is 0 Å². The molecule has 0 saturated carbocycles. The lowest BCUT2D eigenvalue weighted by atomic mass is 10.8. The van der Waals surface area contributed by atoms with Crippen LogP contribution in [0.4, 0.5) is 0 Å². The van der Waals surface area contributed by atoms with E-state index >= 15 is 0 Å².